The van der Waals surface area contributed by atoms with Gasteiger partial charge in [-0.3, -0.25) is 29.0 Å². The molecule has 0 radical (unpaired) electrons. The number of nitrogens with one attached hydrogen (secondary N) is 2. The number of anilines is 2. The number of benzene rings is 4. The monoisotopic (exact) mass is 889 g/mol. The fraction of sp³-hybridized carbons (Fsp3) is 0.304. The number of carbonyl (C=O) groups excluding carboxylic acids is 4. The van der Waals surface area contributed by atoms with Crippen LogP contribution in [0.1, 0.15) is 36.1 Å². The van der Waals surface area contributed by atoms with Crippen LogP contribution in [-0.4, -0.2) is 113 Å². The first-order valence-electron chi connectivity index (χ1n) is 20.1. The minimum atomic E-state index is -0.341. The van der Waals surface area contributed by atoms with Crippen molar-refractivity contribution in [3.05, 3.63) is 141 Å². The first-order chi connectivity index (χ1) is 29.7. The van der Waals surface area contributed by atoms with Gasteiger partial charge in [0.1, 0.15) is 11.6 Å². The van der Waals surface area contributed by atoms with E-state index in [2.05, 4.69) is 20.4 Å². The highest BCUT2D eigenvalue weighted by Gasteiger charge is 2.30. The van der Waals surface area contributed by atoms with Crippen LogP contribution >= 0.6 is 23.2 Å². The average molecular weight is 891 g/mol. The molecule has 0 unspecified atom stereocenters. The first-order valence-corrected chi connectivity index (χ1v) is 20.8. The average Bonchev–Trinajstić information content (AvgIpc) is 3.24. The second-order valence-corrected chi connectivity index (χ2v) is 15.9. The summed E-state index contributed by atoms with van der Waals surface area (Å²) in [6.45, 7) is 7.83. The van der Waals surface area contributed by atoms with Crippen LogP contribution in [0.4, 0.5) is 20.2 Å². The van der Waals surface area contributed by atoms with Crippen molar-refractivity contribution in [2.24, 2.45) is 5.73 Å². The number of amides is 4. The molecule has 0 saturated carbocycles. The minimum absolute atomic E-state index is 0.119. The van der Waals surface area contributed by atoms with Gasteiger partial charge in [0.05, 0.1) is 18.7 Å². The molecule has 6 rings (SSSR count). The van der Waals surface area contributed by atoms with E-state index in [0.717, 1.165) is 11.1 Å². The Morgan fingerprint density at radius 1 is 0.661 bits per heavy atom. The summed E-state index contributed by atoms with van der Waals surface area (Å²) >= 11 is 12.0. The topological polar surface area (TPSA) is 152 Å². The Hall–Kier alpha value is -5.48. The third kappa shape index (κ3) is 14.3. The van der Waals surface area contributed by atoms with E-state index < -0.39 is 0 Å². The molecule has 2 fully saturated rings. The molecule has 0 bridgehead atoms. The lowest BCUT2D eigenvalue weighted by Gasteiger charge is -2.40. The zero-order valence-corrected chi connectivity index (χ0v) is 36.1. The molecule has 2 atom stereocenters. The molecular weight excluding hydrogens is 839 g/mol. The van der Waals surface area contributed by atoms with Crippen LogP contribution < -0.4 is 16.4 Å². The molecule has 5 N–H and O–H groups in total. The Morgan fingerprint density at radius 2 is 1.06 bits per heavy atom. The number of nitrogens with two attached hydrogens (primary N) is 1. The molecule has 62 heavy (non-hydrogen) atoms. The lowest BCUT2D eigenvalue weighted by atomic mass is 10.1. The van der Waals surface area contributed by atoms with Crippen LogP contribution in [0.15, 0.2) is 97.1 Å². The minimum Gasteiger partial charge on any atom is -0.394 e. The smallest absolute Gasteiger partial charge is 0.246 e. The van der Waals surface area contributed by atoms with Crippen LogP contribution in [-0.2, 0) is 32.3 Å². The molecule has 12 nitrogen and oxygen atoms in total. The fourth-order valence-corrected chi connectivity index (χ4v) is 7.56. The van der Waals surface area contributed by atoms with Crippen molar-refractivity contribution in [1.29, 1.82) is 0 Å². The molecule has 0 aliphatic carbocycles. The van der Waals surface area contributed by atoms with E-state index in [0.29, 0.717) is 91.4 Å². The number of hydrogen-bond donors (Lipinski definition) is 4. The lowest BCUT2D eigenvalue weighted by Crippen LogP contribution is -2.57. The third-order valence-corrected chi connectivity index (χ3v) is 10.8. The Kier molecular flexibility index (Phi) is 17.7. The van der Waals surface area contributed by atoms with E-state index in [9.17, 15) is 33.1 Å². The molecule has 328 valence electrons. The van der Waals surface area contributed by atoms with Gasteiger partial charge in [0.25, 0.3) is 0 Å². The predicted octanol–water partition coefficient (Wildman–Crippen LogP) is 6.28. The van der Waals surface area contributed by atoms with Gasteiger partial charge in [-0.15, -0.1) is 0 Å². The summed E-state index contributed by atoms with van der Waals surface area (Å²) in [5, 5.41) is 16.2. The number of hydrogen-bond acceptors (Lipinski definition) is 8. The zero-order valence-electron chi connectivity index (χ0n) is 34.6. The summed E-state index contributed by atoms with van der Waals surface area (Å²) in [5.41, 5.74) is 10.4. The molecule has 2 heterocycles. The van der Waals surface area contributed by atoms with Crippen molar-refractivity contribution >= 4 is 70.4 Å². The zero-order chi connectivity index (χ0) is 44.8. The van der Waals surface area contributed by atoms with Gasteiger partial charge in [0.2, 0.25) is 23.6 Å². The number of aliphatic hydroxyl groups excluding tert-OH is 1. The van der Waals surface area contributed by atoms with Crippen molar-refractivity contribution in [3.8, 4) is 0 Å². The van der Waals surface area contributed by atoms with Crippen LogP contribution in [0, 0.1) is 11.6 Å². The Labute approximate surface area is 370 Å². The molecular formula is C46H51Cl2F2N7O5. The number of halogens is 4. The van der Waals surface area contributed by atoms with E-state index in [4.69, 9.17) is 28.9 Å². The highest BCUT2D eigenvalue weighted by molar-refractivity contribution is 6.31. The quantitative estimate of drug-likeness (QED) is 0.122. The Balaban J connectivity index is 0.000000234. The van der Waals surface area contributed by atoms with E-state index in [1.54, 1.807) is 82.6 Å². The van der Waals surface area contributed by atoms with Gasteiger partial charge >= 0.3 is 0 Å². The van der Waals surface area contributed by atoms with Crippen molar-refractivity contribution in [3.63, 3.8) is 0 Å². The molecule has 4 amide bonds. The van der Waals surface area contributed by atoms with Gasteiger partial charge in [-0.1, -0.05) is 59.6 Å². The van der Waals surface area contributed by atoms with E-state index in [1.165, 1.54) is 50.3 Å². The second kappa shape index (κ2) is 23.1. The summed E-state index contributed by atoms with van der Waals surface area (Å²) < 4.78 is 26.2. The first kappa shape index (κ1) is 47.6. The number of aliphatic hydroxyl groups is 1. The molecule has 4 aromatic carbocycles. The van der Waals surface area contributed by atoms with Crippen LogP contribution in [0.5, 0.6) is 0 Å². The molecule has 2 aliphatic rings. The van der Waals surface area contributed by atoms with Crippen molar-refractivity contribution in [1.82, 2.24) is 19.6 Å². The largest absolute Gasteiger partial charge is 0.394 e. The number of nitrogens with zero attached hydrogens (tertiary/aromatic N) is 4. The van der Waals surface area contributed by atoms with E-state index >= 15 is 0 Å². The molecule has 0 spiro atoms. The summed E-state index contributed by atoms with van der Waals surface area (Å²) in [4.78, 5) is 56.3. The third-order valence-electron chi connectivity index (χ3n) is 10.3. The summed E-state index contributed by atoms with van der Waals surface area (Å²) in [6, 6.07) is 22.4. The molecule has 16 heteroatoms. The highest BCUT2D eigenvalue weighted by Crippen LogP contribution is 2.25. The fourth-order valence-electron chi connectivity index (χ4n) is 7.22. The van der Waals surface area contributed by atoms with Crippen LogP contribution in [0.25, 0.3) is 12.2 Å². The normalized spacial score (nSPS) is 17.2. The number of piperazine rings is 2. The van der Waals surface area contributed by atoms with Gasteiger partial charge in [0.15, 0.2) is 0 Å². The van der Waals surface area contributed by atoms with Gasteiger partial charge in [-0.05, 0) is 82.9 Å². The molecule has 0 aromatic heterocycles. The second-order valence-electron chi connectivity index (χ2n) is 15.0. The number of rotatable bonds is 12. The highest BCUT2D eigenvalue weighted by atomic mass is 35.5. The molecule has 4 aromatic rings. The lowest BCUT2D eigenvalue weighted by molar-refractivity contribution is -0.132. The van der Waals surface area contributed by atoms with E-state index in [1.807, 2.05) is 0 Å². The maximum Gasteiger partial charge on any atom is 0.246 e. The molecule has 2 saturated heterocycles. The Bertz CT molecular complexity index is 2090. The maximum atomic E-state index is 13.1. The summed E-state index contributed by atoms with van der Waals surface area (Å²) in [5.74, 6) is -1.34. The Morgan fingerprint density at radius 3 is 1.45 bits per heavy atom. The molecule has 2 aliphatic heterocycles. The summed E-state index contributed by atoms with van der Waals surface area (Å²) in [6.07, 6.45) is 6.23. The van der Waals surface area contributed by atoms with Crippen molar-refractivity contribution < 1.29 is 33.1 Å². The van der Waals surface area contributed by atoms with Crippen molar-refractivity contribution in [2.75, 3.05) is 63.1 Å². The van der Waals surface area contributed by atoms with Crippen LogP contribution in [0.3, 0.4) is 0 Å². The van der Waals surface area contributed by atoms with Gasteiger partial charge in [-0.2, -0.15) is 0 Å². The predicted molar refractivity (Wildman–Crippen MR) is 240 cm³/mol. The summed E-state index contributed by atoms with van der Waals surface area (Å²) in [7, 11) is 0. The standard InChI is InChI=1S/C23H26ClFN4O2.C23H25ClFN3O3/c1-16(30)27-22-12-19(24)6-4-18(22)5-9-23(31)29-11-10-28(15-21(29)13-26)14-17-2-7-20(25)8-3-17;1-16(30)26-22-12-19(24)6-4-18(22)5-9-23(31)28-11-10-27(14-21(28)15-29)13-17-2-7-20(25)8-3-17/h2-9,12,21H,10-11,13-15,26H2,1H3,(H,27,30);2-9,12,21,29H,10-11,13-15H2,1H3,(H,26,30)/b2*9-5+/t2*21-/m10/s1. The number of carbonyl (C=O) groups is 4. The SMILES string of the molecule is CC(=O)Nc1cc(Cl)ccc1/C=C/C(=O)N1CCN(Cc2ccc(F)cc2)C[C@H]1CN.CC(=O)Nc1cc(Cl)ccc1/C=C/C(=O)N1CCN(Cc2ccc(F)cc2)C[C@H]1CO. The van der Waals surface area contributed by atoms with E-state index in [-0.39, 0.29) is 54.0 Å². The maximum absolute atomic E-state index is 13.1. The van der Waals surface area contributed by atoms with Gasteiger partial charge in [0, 0.05) is 106 Å². The van der Waals surface area contributed by atoms with Gasteiger partial charge < -0.3 is 31.3 Å². The van der Waals surface area contributed by atoms with Gasteiger partial charge in [-0.25, -0.2) is 8.78 Å². The van der Waals surface area contributed by atoms with Crippen molar-refractivity contribution in [2.45, 2.75) is 39.0 Å². The van der Waals surface area contributed by atoms with Crippen LogP contribution in [0.2, 0.25) is 10.0 Å².